The molecular formula is C15H25ClN2O3. The number of hydrogen-bond donors (Lipinski definition) is 2. The Morgan fingerprint density at radius 1 is 1.10 bits per heavy atom. The van der Waals surface area contributed by atoms with Gasteiger partial charge in [-0.25, -0.2) is 0 Å². The zero-order chi connectivity index (χ0) is 14.8. The Kier molecular flexibility index (Phi) is 10.4. The zero-order valence-corrected chi connectivity index (χ0v) is 13.7. The van der Waals surface area contributed by atoms with E-state index in [1.165, 1.54) is 0 Å². The van der Waals surface area contributed by atoms with Crippen LogP contribution in [0.5, 0.6) is 11.5 Å². The van der Waals surface area contributed by atoms with Gasteiger partial charge >= 0.3 is 0 Å². The average Bonchev–Trinajstić information content (AvgIpc) is 2.45. The zero-order valence-electron chi connectivity index (χ0n) is 12.9. The van der Waals surface area contributed by atoms with E-state index in [-0.39, 0.29) is 18.3 Å². The summed E-state index contributed by atoms with van der Waals surface area (Å²) in [5.41, 5.74) is 0.585. The van der Waals surface area contributed by atoms with Gasteiger partial charge in [-0.1, -0.05) is 0 Å². The summed E-state index contributed by atoms with van der Waals surface area (Å²) in [5.74, 6) is 1.18. The minimum Gasteiger partial charge on any atom is -0.490 e. The average molecular weight is 317 g/mol. The van der Waals surface area contributed by atoms with Gasteiger partial charge in [-0.3, -0.25) is 4.79 Å². The second kappa shape index (κ2) is 11.2. The van der Waals surface area contributed by atoms with E-state index in [0.29, 0.717) is 36.8 Å². The van der Waals surface area contributed by atoms with Crippen molar-refractivity contribution in [3.05, 3.63) is 23.8 Å². The number of halogens is 1. The third-order valence-corrected chi connectivity index (χ3v) is 2.69. The molecule has 0 radical (unpaired) electrons. The van der Waals surface area contributed by atoms with Crippen LogP contribution in [-0.4, -0.2) is 39.3 Å². The van der Waals surface area contributed by atoms with Gasteiger partial charge in [0.15, 0.2) is 11.5 Å². The van der Waals surface area contributed by atoms with Gasteiger partial charge in [-0.05, 0) is 52.1 Å². The molecule has 0 fully saturated rings. The number of nitrogens with one attached hydrogen (secondary N) is 2. The standard InChI is InChI=1S/C15H24N2O3.ClH/c1-4-19-13-8-7-12(11-14(13)20-5-2)15(18)17-10-6-9-16-3;/h7-8,11,16H,4-6,9-10H2,1-3H3,(H,17,18);1H. The van der Waals surface area contributed by atoms with Crippen molar-refractivity contribution in [2.75, 3.05) is 33.4 Å². The Bertz CT molecular complexity index is 427. The maximum absolute atomic E-state index is 12.0. The van der Waals surface area contributed by atoms with E-state index in [9.17, 15) is 4.79 Å². The lowest BCUT2D eigenvalue weighted by Crippen LogP contribution is -2.26. The molecular weight excluding hydrogens is 292 g/mol. The molecule has 1 amide bonds. The highest BCUT2D eigenvalue weighted by molar-refractivity contribution is 5.94. The molecule has 120 valence electrons. The van der Waals surface area contributed by atoms with Crippen molar-refractivity contribution in [3.63, 3.8) is 0 Å². The smallest absolute Gasteiger partial charge is 0.251 e. The van der Waals surface area contributed by atoms with E-state index in [1.807, 2.05) is 20.9 Å². The van der Waals surface area contributed by atoms with Crippen LogP contribution < -0.4 is 20.1 Å². The highest BCUT2D eigenvalue weighted by atomic mass is 35.5. The lowest BCUT2D eigenvalue weighted by Gasteiger charge is -2.12. The van der Waals surface area contributed by atoms with Crippen LogP contribution in [0.25, 0.3) is 0 Å². The highest BCUT2D eigenvalue weighted by Gasteiger charge is 2.10. The van der Waals surface area contributed by atoms with Gasteiger partial charge < -0.3 is 20.1 Å². The first-order chi connectivity index (χ1) is 9.72. The van der Waals surface area contributed by atoms with Crippen molar-refractivity contribution in [1.29, 1.82) is 0 Å². The predicted octanol–water partition coefficient (Wildman–Crippen LogP) is 2.25. The number of amides is 1. The second-order valence-corrected chi connectivity index (χ2v) is 4.24. The molecule has 0 unspecified atom stereocenters. The highest BCUT2D eigenvalue weighted by Crippen LogP contribution is 2.28. The first-order valence-electron chi connectivity index (χ1n) is 7.05. The summed E-state index contributed by atoms with van der Waals surface area (Å²) >= 11 is 0. The summed E-state index contributed by atoms with van der Waals surface area (Å²) in [7, 11) is 1.89. The topological polar surface area (TPSA) is 59.6 Å². The number of benzene rings is 1. The van der Waals surface area contributed by atoms with Crippen LogP contribution in [0.3, 0.4) is 0 Å². The molecule has 0 aromatic heterocycles. The molecule has 0 heterocycles. The Labute approximate surface area is 132 Å². The van der Waals surface area contributed by atoms with Gasteiger partial charge in [0, 0.05) is 12.1 Å². The molecule has 0 saturated heterocycles. The maximum atomic E-state index is 12.0. The van der Waals surface area contributed by atoms with Crippen molar-refractivity contribution in [2.45, 2.75) is 20.3 Å². The predicted molar refractivity (Wildman–Crippen MR) is 86.9 cm³/mol. The maximum Gasteiger partial charge on any atom is 0.251 e. The van der Waals surface area contributed by atoms with Crippen molar-refractivity contribution in [3.8, 4) is 11.5 Å². The Hall–Kier alpha value is -1.46. The molecule has 21 heavy (non-hydrogen) atoms. The Balaban J connectivity index is 0.00000400. The normalized spacial score (nSPS) is 9.67. The molecule has 0 spiro atoms. The quantitative estimate of drug-likeness (QED) is 0.686. The fraction of sp³-hybridized carbons (Fsp3) is 0.533. The third kappa shape index (κ3) is 6.69. The van der Waals surface area contributed by atoms with E-state index >= 15 is 0 Å². The summed E-state index contributed by atoms with van der Waals surface area (Å²) < 4.78 is 11.0. The molecule has 0 atom stereocenters. The fourth-order valence-electron chi connectivity index (χ4n) is 1.76. The molecule has 1 aromatic rings. The van der Waals surface area contributed by atoms with Crippen molar-refractivity contribution in [2.24, 2.45) is 0 Å². The summed E-state index contributed by atoms with van der Waals surface area (Å²) in [6.45, 7) is 6.45. The summed E-state index contributed by atoms with van der Waals surface area (Å²) in [6.07, 6.45) is 0.900. The van der Waals surface area contributed by atoms with E-state index < -0.39 is 0 Å². The second-order valence-electron chi connectivity index (χ2n) is 4.24. The van der Waals surface area contributed by atoms with Gasteiger partial charge in [0.25, 0.3) is 5.91 Å². The summed E-state index contributed by atoms with van der Waals surface area (Å²) in [6, 6.07) is 5.25. The lowest BCUT2D eigenvalue weighted by molar-refractivity contribution is 0.0952. The SMILES string of the molecule is CCOc1ccc(C(=O)NCCCNC)cc1OCC.Cl. The number of ether oxygens (including phenoxy) is 2. The molecule has 0 aliphatic heterocycles. The van der Waals surface area contributed by atoms with Crippen LogP contribution in [0, 0.1) is 0 Å². The number of rotatable bonds is 9. The largest absolute Gasteiger partial charge is 0.490 e. The van der Waals surface area contributed by atoms with Gasteiger partial charge in [0.05, 0.1) is 13.2 Å². The molecule has 0 bridgehead atoms. The van der Waals surface area contributed by atoms with E-state index in [1.54, 1.807) is 18.2 Å². The van der Waals surface area contributed by atoms with Crippen LogP contribution in [0.1, 0.15) is 30.6 Å². The van der Waals surface area contributed by atoms with Crippen molar-refractivity contribution < 1.29 is 14.3 Å². The van der Waals surface area contributed by atoms with Crippen LogP contribution in [0.2, 0.25) is 0 Å². The van der Waals surface area contributed by atoms with Crippen LogP contribution in [0.4, 0.5) is 0 Å². The molecule has 6 heteroatoms. The summed E-state index contributed by atoms with van der Waals surface area (Å²) in [4.78, 5) is 12.0. The number of hydrogen-bond acceptors (Lipinski definition) is 4. The molecule has 5 nitrogen and oxygen atoms in total. The minimum absolute atomic E-state index is 0. The van der Waals surface area contributed by atoms with E-state index in [0.717, 1.165) is 13.0 Å². The van der Waals surface area contributed by atoms with Gasteiger partial charge in [0.2, 0.25) is 0 Å². The fourth-order valence-corrected chi connectivity index (χ4v) is 1.76. The Morgan fingerprint density at radius 2 is 1.76 bits per heavy atom. The first-order valence-corrected chi connectivity index (χ1v) is 7.05. The first kappa shape index (κ1) is 19.5. The molecule has 0 aliphatic carbocycles. The molecule has 2 N–H and O–H groups in total. The summed E-state index contributed by atoms with van der Waals surface area (Å²) in [5, 5.41) is 5.92. The van der Waals surface area contributed by atoms with Crippen LogP contribution >= 0.6 is 12.4 Å². The number of carbonyl (C=O) groups is 1. The minimum atomic E-state index is -0.0925. The molecule has 0 aliphatic rings. The molecule has 1 aromatic carbocycles. The van der Waals surface area contributed by atoms with Gasteiger partial charge in [0.1, 0.15) is 0 Å². The van der Waals surface area contributed by atoms with Gasteiger partial charge in [-0.15, -0.1) is 12.4 Å². The van der Waals surface area contributed by atoms with E-state index in [4.69, 9.17) is 9.47 Å². The monoisotopic (exact) mass is 316 g/mol. The Morgan fingerprint density at radius 3 is 2.38 bits per heavy atom. The molecule has 0 saturated carbocycles. The lowest BCUT2D eigenvalue weighted by atomic mass is 10.2. The van der Waals surface area contributed by atoms with Crippen molar-refractivity contribution in [1.82, 2.24) is 10.6 Å². The third-order valence-electron chi connectivity index (χ3n) is 2.69. The number of carbonyl (C=O) groups excluding carboxylic acids is 1. The van der Waals surface area contributed by atoms with Gasteiger partial charge in [-0.2, -0.15) is 0 Å². The van der Waals surface area contributed by atoms with Crippen LogP contribution in [-0.2, 0) is 0 Å². The van der Waals surface area contributed by atoms with E-state index in [2.05, 4.69) is 10.6 Å². The van der Waals surface area contributed by atoms with Crippen LogP contribution in [0.15, 0.2) is 18.2 Å². The molecule has 1 rings (SSSR count). The van der Waals surface area contributed by atoms with Crippen molar-refractivity contribution >= 4 is 18.3 Å².